The van der Waals surface area contributed by atoms with Crippen LogP contribution in [-0.2, 0) is 0 Å². The normalized spacial score (nSPS) is 11.3. The summed E-state index contributed by atoms with van der Waals surface area (Å²) in [6, 6.07) is 7.44. The molecule has 0 saturated carbocycles. The van der Waals surface area contributed by atoms with Crippen LogP contribution in [0.25, 0.3) is 11.1 Å². The highest BCUT2D eigenvalue weighted by atomic mass is 32.1. The minimum Gasteiger partial charge on any atom is -0.440 e. The van der Waals surface area contributed by atoms with Gasteiger partial charge in [-0.2, -0.15) is 0 Å². The number of hydrogen-bond donors (Lipinski definition) is 1. The number of aryl methyl sites for hydroxylation is 2. The number of benzene rings is 1. The Labute approximate surface area is 133 Å². The van der Waals surface area contributed by atoms with Crippen LogP contribution in [0.5, 0.6) is 0 Å². The molecule has 1 aromatic carbocycles. The molecule has 2 heterocycles. The fourth-order valence-electron chi connectivity index (χ4n) is 2.15. The van der Waals surface area contributed by atoms with Crippen molar-refractivity contribution in [3.8, 4) is 0 Å². The lowest BCUT2D eigenvalue weighted by Crippen LogP contribution is -2.09. The third kappa shape index (κ3) is 2.76. The van der Waals surface area contributed by atoms with E-state index in [2.05, 4.69) is 10.3 Å². The molecule has 0 aliphatic carbocycles. The number of aromatic nitrogens is 1. The van der Waals surface area contributed by atoms with E-state index >= 15 is 0 Å². The maximum absolute atomic E-state index is 12.3. The first kappa shape index (κ1) is 14.8. The Morgan fingerprint density at radius 1 is 1.27 bits per heavy atom. The molecule has 3 aromatic rings. The molecule has 0 aliphatic heterocycles. The minimum atomic E-state index is -0.0897. The summed E-state index contributed by atoms with van der Waals surface area (Å²) in [5, 5.41) is 2.92. The van der Waals surface area contributed by atoms with Crippen LogP contribution in [0.4, 0.5) is 5.69 Å². The fourth-order valence-corrected chi connectivity index (χ4v) is 3.08. The number of thiophene rings is 1. The molecule has 0 saturated heterocycles. The molecule has 0 bridgehead atoms. The first-order chi connectivity index (χ1) is 10.4. The van der Waals surface area contributed by atoms with Gasteiger partial charge in [-0.15, -0.1) is 11.3 Å². The van der Waals surface area contributed by atoms with Gasteiger partial charge in [-0.25, -0.2) is 4.98 Å². The Morgan fingerprint density at radius 3 is 2.68 bits per heavy atom. The highest BCUT2D eigenvalue weighted by Crippen LogP contribution is 2.25. The van der Waals surface area contributed by atoms with Gasteiger partial charge in [0.2, 0.25) is 0 Å². The van der Waals surface area contributed by atoms with Crippen LogP contribution in [0.15, 0.2) is 28.7 Å². The highest BCUT2D eigenvalue weighted by molar-refractivity contribution is 7.14. The lowest BCUT2D eigenvalue weighted by atomic mass is 10.2. The first-order valence-corrected chi connectivity index (χ1v) is 8.04. The summed E-state index contributed by atoms with van der Waals surface area (Å²) >= 11 is 1.51. The van der Waals surface area contributed by atoms with Crippen LogP contribution < -0.4 is 5.32 Å². The van der Waals surface area contributed by atoms with Gasteiger partial charge in [-0.3, -0.25) is 4.79 Å². The Kier molecular flexibility index (Phi) is 3.74. The zero-order valence-corrected chi connectivity index (χ0v) is 13.9. The zero-order valence-electron chi connectivity index (χ0n) is 13.1. The second kappa shape index (κ2) is 5.57. The molecule has 4 nitrogen and oxygen atoms in total. The third-order valence-electron chi connectivity index (χ3n) is 3.55. The molecule has 2 aromatic heterocycles. The van der Waals surface area contributed by atoms with E-state index in [1.807, 2.05) is 52.0 Å². The fraction of sp³-hybridized carbons (Fsp3) is 0.294. The number of rotatable bonds is 3. The standard InChI is InChI=1S/C17H18N2O2S/c1-9(2)17-19-13-8-12(5-6-14(13)21-17)18-16(20)15-7-10(3)11(4)22-15/h5-9H,1-4H3,(H,18,20). The lowest BCUT2D eigenvalue weighted by molar-refractivity contribution is 0.103. The summed E-state index contributed by atoms with van der Waals surface area (Å²) in [5.41, 5.74) is 3.37. The molecule has 0 atom stereocenters. The van der Waals surface area contributed by atoms with E-state index in [1.165, 1.54) is 16.2 Å². The molecule has 0 aliphatic rings. The molecular weight excluding hydrogens is 296 g/mol. The molecule has 22 heavy (non-hydrogen) atoms. The molecule has 1 amide bonds. The van der Waals surface area contributed by atoms with E-state index in [0.717, 1.165) is 27.2 Å². The van der Waals surface area contributed by atoms with Gasteiger partial charge < -0.3 is 9.73 Å². The van der Waals surface area contributed by atoms with Crippen molar-refractivity contribution >= 4 is 34.0 Å². The van der Waals surface area contributed by atoms with E-state index in [-0.39, 0.29) is 11.8 Å². The maximum Gasteiger partial charge on any atom is 0.265 e. The van der Waals surface area contributed by atoms with Crippen molar-refractivity contribution in [2.75, 3.05) is 5.32 Å². The van der Waals surface area contributed by atoms with Crippen LogP contribution in [0.1, 0.15) is 45.8 Å². The van der Waals surface area contributed by atoms with Crippen LogP contribution in [-0.4, -0.2) is 10.9 Å². The Hall–Kier alpha value is -2.14. The highest BCUT2D eigenvalue weighted by Gasteiger charge is 2.13. The van der Waals surface area contributed by atoms with Gasteiger partial charge >= 0.3 is 0 Å². The van der Waals surface area contributed by atoms with Crippen LogP contribution in [0.2, 0.25) is 0 Å². The quantitative estimate of drug-likeness (QED) is 0.749. The van der Waals surface area contributed by atoms with Crippen molar-refractivity contribution in [2.24, 2.45) is 0 Å². The Balaban J connectivity index is 1.85. The molecule has 0 spiro atoms. The van der Waals surface area contributed by atoms with Crippen LogP contribution in [0.3, 0.4) is 0 Å². The average molecular weight is 314 g/mol. The van der Waals surface area contributed by atoms with Gasteiger partial charge in [-0.05, 0) is 43.7 Å². The van der Waals surface area contributed by atoms with Crippen molar-refractivity contribution in [3.63, 3.8) is 0 Å². The smallest absolute Gasteiger partial charge is 0.265 e. The maximum atomic E-state index is 12.3. The minimum absolute atomic E-state index is 0.0897. The molecular formula is C17H18N2O2S. The van der Waals surface area contributed by atoms with Crippen molar-refractivity contribution in [1.82, 2.24) is 4.98 Å². The number of fused-ring (bicyclic) bond motifs is 1. The second-order valence-corrected chi connectivity index (χ2v) is 6.95. The predicted octanol–water partition coefficient (Wildman–Crippen LogP) is 4.88. The number of anilines is 1. The number of nitrogens with one attached hydrogen (secondary N) is 1. The van der Waals surface area contributed by atoms with Crippen molar-refractivity contribution in [1.29, 1.82) is 0 Å². The number of nitrogens with zero attached hydrogens (tertiary/aromatic N) is 1. The Morgan fingerprint density at radius 2 is 2.05 bits per heavy atom. The summed E-state index contributed by atoms with van der Waals surface area (Å²) in [7, 11) is 0. The summed E-state index contributed by atoms with van der Waals surface area (Å²) in [6.07, 6.45) is 0. The number of hydrogen-bond acceptors (Lipinski definition) is 4. The SMILES string of the molecule is Cc1cc(C(=O)Nc2ccc3oc(C(C)C)nc3c2)sc1C. The third-order valence-corrected chi connectivity index (χ3v) is 4.70. The molecule has 0 unspecified atom stereocenters. The number of carbonyl (C=O) groups is 1. The van der Waals surface area contributed by atoms with E-state index in [9.17, 15) is 4.79 Å². The molecule has 0 fully saturated rings. The molecule has 0 radical (unpaired) electrons. The second-order valence-electron chi connectivity index (χ2n) is 5.69. The van der Waals surface area contributed by atoms with E-state index in [1.54, 1.807) is 0 Å². The molecule has 1 N–H and O–H groups in total. The van der Waals surface area contributed by atoms with Gasteiger partial charge in [0.25, 0.3) is 5.91 Å². The van der Waals surface area contributed by atoms with E-state index in [4.69, 9.17) is 4.42 Å². The largest absolute Gasteiger partial charge is 0.440 e. The van der Waals surface area contributed by atoms with Gasteiger partial charge in [0.15, 0.2) is 11.5 Å². The lowest BCUT2D eigenvalue weighted by Gasteiger charge is -2.02. The summed E-state index contributed by atoms with van der Waals surface area (Å²) < 4.78 is 5.67. The van der Waals surface area contributed by atoms with Gasteiger partial charge in [0, 0.05) is 16.5 Å². The van der Waals surface area contributed by atoms with Crippen LogP contribution >= 0.6 is 11.3 Å². The topological polar surface area (TPSA) is 55.1 Å². The average Bonchev–Trinajstić information content (AvgIpc) is 3.03. The number of carbonyl (C=O) groups excluding carboxylic acids is 1. The van der Waals surface area contributed by atoms with Gasteiger partial charge in [0.1, 0.15) is 5.52 Å². The Bertz CT molecular complexity index is 826. The monoisotopic (exact) mass is 314 g/mol. The summed E-state index contributed by atoms with van der Waals surface area (Å²) in [4.78, 5) is 18.6. The van der Waals surface area contributed by atoms with Crippen LogP contribution in [0, 0.1) is 13.8 Å². The van der Waals surface area contributed by atoms with Crippen molar-refractivity contribution in [3.05, 3.63) is 45.5 Å². The predicted molar refractivity (Wildman–Crippen MR) is 89.8 cm³/mol. The van der Waals surface area contributed by atoms with Crippen molar-refractivity contribution < 1.29 is 9.21 Å². The molecule has 5 heteroatoms. The van der Waals surface area contributed by atoms with Gasteiger partial charge in [-0.1, -0.05) is 13.8 Å². The number of oxazole rings is 1. The van der Waals surface area contributed by atoms with E-state index in [0.29, 0.717) is 5.89 Å². The number of amides is 1. The first-order valence-electron chi connectivity index (χ1n) is 7.23. The van der Waals surface area contributed by atoms with Gasteiger partial charge in [0.05, 0.1) is 4.88 Å². The zero-order chi connectivity index (χ0) is 15.9. The van der Waals surface area contributed by atoms with Crippen molar-refractivity contribution in [2.45, 2.75) is 33.6 Å². The molecule has 3 rings (SSSR count). The van der Waals surface area contributed by atoms with E-state index < -0.39 is 0 Å². The summed E-state index contributed by atoms with van der Waals surface area (Å²) in [5.74, 6) is 0.860. The summed E-state index contributed by atoms with van der Waals surface area (Å²) in [6.45, 7) is 8.10. The molecule has 114 valence electrons.